The summed E-state index contributed by atoms with van der Waals surface area (Å²) < 4.78 is 6.66. The maximum absolute atomic E-state index is 12.2. The van der Waals surface area contributed by atoms with Gasteiger partial charge in [0.05, 0.1) is 17.3 Å². The fraction of sp³-hybridized carbons (Fsp3) is 0.250. The molecule has 1 heterocycles. The lowest BCUT2D eigenvalue weighted by Crippen LogP contribution is -2.28. The third-order valence-electron chi connectivity index (χ3n) is 2.91. The quantitative estimate of drug-likeness (QED) is 0.890. The summed E-state index contributed by atoms with van der Waals surface area (Å²) in [4.78, 5) is 24.2. The number of anilines is 1. The summed E-state index contributed by atoms with van der Waals surface area (Å²) in [5, 5.41) is 3.12. The number of hydrogen-bond donors (Lipinski definition) is 1. The molecule has 0 atom stereocenters. The number of pyridine rings is 1. The van der Waals surface area contributed by atoms with E-state index in [2.05, 4.69) is 5.32 Å². The van der Waals surface area contributed by atoms with Crippen LogP contribution in [-0.4, -0.2) is 17.1 Å². The first kappa shape index (κ1) is 16.1. The van der Waals surface area contributed by atoms with Crippen LogP contribution in [0.2, 0.25) is 5.02 Å². The van der Waals surface area contributed by atoms with Crippen molar-refractivity contribution in [2.75, 3.05) is 11.9 Å². The number of para-hydroxylation sites is 1. The number of halogens is 1. The summed E-state index contributed by atoms with van der Waals surface area (Å²) in [6.45, 7) is 2.32. The Balaban J connectivity index is 2.09. The van der Waals surface area contributed by atoms with Gasteiger partial charge < -0.3 is 14.6 Å². The van der Waals surface area contributed by atoms with Gasteiger partial charge in [-0.3, -0.25) is 9.59 Å². The number of rotatable bonds is 6. The van der Waals surface area contributed by atoms with Crippen LogP contribution in [0.25, 0.3) is 0 Å². The van der Waals surface area contributed by atoms with Gasteiger partial charge in [0.1, 0.15) is 6.54 Å². The van der Waals surface area contributed by atoms with E-state index in [4.69, 9.17) is 16.3 Å². The Morgan fingerprint density at radius 1 is 1.27 bits per heavy atom. The van der Waals surface area contributed by atoms with Crippen molar-refractivity contribution < 1.29 is 9.53 Å². The monoisotopic (exact) mass is 320 g/mol. The highest BCUT2D eigenvalue weighted by molar-refractivity contribution is 6.33. The molecule has 0 fully saturated rings. The standard InChI is InChI=1S/C16H17ClN2O3/c1-2-10-22-14-8-5-9-19(16(14)21)11-15(20)18-13-7-4-3-6-12(13)17/h3-9H,2,10-11H2,1H3,(H,18,20). The van der Waals surface area contributed by atoms with Gasteiger partial charge in [0.15, 0.2) is 5.75 Å². The van der Waals surface area contributed by atoms with E-state index in [1.54, 1.807) is 42.6 Å². The summed E-state index contributed by atoms with van der Waals surface area (Å²) in [6.07, 6.45) is 2.36. The predicted octanol–water partition coefficient (Wildman–Crippen LogP) is 2.93. The van der Waals surface area contributed by atoms with Crippen LogP contribution in [0.1, 0.15) is 13.3 Å². The van der Waals surface area contributed by atoms with Crippen molar-refractivity contribution in [1.29, 1.82) is 0 Å². The Labute approximate surface area is 133 Å². The minimum Gasteiger partial charge on any atom is -0.488 e. The number of nitrogens with one attached hydrogen (secondary N) is 1. The Hall–Kier alpha value is -2.27. The molecule has 22 heavy (non-hydrogen) atoms. The fourth-order valence-corrected chi connectivity index (χ4v) is 2.05. The van der Waals surface area contributed by atoms with Crippen molar-refractivity contribution >= 4 is 23.2 Å². The van der Waals surface area contributed by atoms with E-state index in [9.17, 15) is 9.59 Å². The highest BCUT2D eigenvalue weighted by Gasteiger charge is 2.09. The molecule has 2 rings (SSSR count). The van der Waals surface area contributed by atoms with Crippen LogP contribution < -0.4 is 15.6 Å². The van der Waals surface area contributed by atoms with E-state index < -0.39 is 0 Å². The Morgan fingerprint density at radius 3 is 2.77 bits per heavy atom. The fourth-order valence-electron chi connectivity index (χ4n) is 1.87. The minimum absolute atomic E-state index is 0.104. The third-order valence-corrected chi connectivity index (χ3v) is 3.24. The van der Waals surface area contributed by atoms with Crippen molar-refractivity contribution in [3.05, 3.63) is 58.0 Å². The number of carbonyl (C=O) groups excluding carboxylic acids is 1. The SMILES string of the molecule is CCCOc1cccn(CC(=O)Nc2ccccc2Cl)c1=O. The normalized spacial score (nSPS) is 10.3. The summed E-state index contributed by atoms with van der Waals surface area (Å²) >= 11 is 5.98. The van der Waals surface area contributed by atoms with Crippen LogP contribution >= 0.6 is 11.6 Å². The van der Waals surface area contributed by atoms with Crippen LogP contribution in [0.3, 0.4) is 0 Å². The van der Waals surface area contributed by atoms with Crippen LogP contribution in [0.5, 0.6) is 5.75 Å². The maximum atomic E-state index is 12.2. The Kier molecular flexibility index (Phi) is 5.61. The zero-order valence-corrected chi connectivity index (χ0v) is 13.0. The topological polar surface area (TPSA) is 60.3 Å². The molecule has 1 N–H and O–H groups in total. The van der Waals surface area contributed by atoms with Gasteiger partial charge in [-0.25, -0.2) is 0 Å². The molecule has 0 aliphatic carbocycles. The van der Waals surface area contributed by atoms with E-state index in [1.165, 1.54) is 4.57 Å². The molecule has 0 saturated carbocycles. The lowest BCUT2D eigenvalue weighted by molar-refractivity contribution is -0.116. The largest absolute Gasteiger partial charge is 0.488 e. The number of aromatic nitrogens is 1. The van der Waals surface area contributed by atoms with Gasteiger partial charge in [0, 0.05) is 6.20 Å². The zero-order chi connectivity index (χ0) is 15.9. The average Bonchev–Trinajstić information content (AvgIpc) is 2.50. The van der Waals surface area contributed by atoms with Gasteiger partial charge in [-0.1, -0.05) is 30.7 Å². The summed E-state index contributed by atoms with van der Waals surface area (Å²) in [5.74, 6) is -0.0854. The zero-order valence-electron chi connectivity index (χ0n) is 12.2. The highest BCUT2D eigenvalue weighted by Crippen LogP contribution is 2.20. The summed E-state index contributed by atoms with van der Waals surface area (Å²) in [7, 11) is 0. The van der Waals surface area contributed by atoms with Crippen LogP contribution in [0.4, 0.5) is 5.69 Å². The number of ether oxygens (including phenoxy) is 1. The molecular formula is C16H17ClN2O3. The number of amides is 1. The molecule has 5 nitrogen and oxygen atoms in total. The smallest absolute Gasteiger partial charge is 0.293 e. The molecule has 1 aromatic carbocycles. The molecule has 0 unspecified atom stereocenters. The lowest BCUT2D eigenvalue weighted by Gasteiger charge is -2.10. The first-order chi connectivity index (χ1) is 10.6. The molecule has 6 heteroatoms. The molecule has 0 radical (unpaired) electrons. The van der Waals surface area contributed by atoms with Crippen molar-refractivity contribution in [3.8, 4) is 5.75 Å². The summed E-state index contributed by atoms with van der Waals surface area (Å²) in [6, 6.07) is 10.2. The van der Waals surface area contributed by atoms with Crippen molar-refractivity contribution in [1.82, 2.24) is 4.57 Å². The lowest BCUT2D eigenvalue weighted by atomic mass is 10.3. The van der Waals surface area contributed by atoms with Gasteiger partial charge in [-0.05, 0) is 30.7 Å². The van der Waals surface area contributed by atoms with E-state index in [0.717, 1.165) is 6.42 Å². The highest BCUT2D eigenvalue weighted by atomic mass is 35.5. The van der Waals surface area contributed by atoms with Gasteiger partial charge >= 0.3 is 0 Å². The van der Waals surface area contributed by atoms with Crippen LogP contribution in [0.15, 0.2) is 47.4 Å². The summed E-state index contributed by atoms with van der Waals surface area (Å²) in [5.41, 5.74) is 0.186. The van der Waals surface area contributed by atoms with E-state index in [-0.39, 0.29) is 23.8 Å². The van der Waals surface area contributed by atoms with E-state index in [0.29, 0.717) is 17.3 Å². The van der Waals surface area contributed by atoms with Gasteiger partial charge in [-0.15, -0.1) is 0 Å². The third kappa shape index (κ3) is 4.11. The Bertz CT molecular complexity index is 713. The van der Waals surface area contributed by atoms with E-state index in [1.807, 2.05) is 6.92 Å². The molecule has 0 aliphatic heterocycles. The minimum atomic E-state index is -0.331. The number of hydrogen-bond acceptors (Lipinski definition) is 3. The number of benzene rings is 1. The molecule has 0 bridgehead atoms. The number of carbonyl (C=O) groups is 1. The molecule has 116 valence electrons. The van der Waals surface area contributed by atoms with Crippen LogP contribution in [0, 0.1) is 0 Å². The molecule has 0 spiro atoms. The van der Waals surface area contributed by atoms with Crippen molar-refractivity contribution in [2.24, 2.45) is 0 Å². The second-order valence-electron chi connectivity index (χ2n) is 4.68. The Morgan fingerprint density at radius 2 is 2.05 bits per heavy atom. The molecule has 0 saturated heterocycles. The van der Waals surface area contributed by atoms with Crippen molar-refractivity contribution in [3.63, 3.8) is 0 Å². The average molecular weight is 321 g/mol. The van der Waals surface area contributed by atoms with Crippen LogP contribution in [-0.2, 0) is 11.3 Å². The molecule has 2 aromatic rings. The predicted molar refractivity (Wildman–Crippen MR) is 86.6 cm³/mol. The van der Waals surface area contributed by atoms with Gasteiger partial charge in [0.25, 0.3) is 5.56 Å². The van der Waals surface area contributed by atoms with Crippen molar-refractivity contribution in [2.45, 2.75) is 19.9 Å². The molecule has 1 aromatic heterocycles. The van der Waals surface area contributed by atoms with Gasteiger partial charge in [-0.2, -0.15) is 0 Å². The first-order valence-corrected chi connectivity index (χ1v) is 7.36. The first-order valence-electron chi connectivity index (χ1n) is 6.98. The second-order valence-corrected chi connectivity index (χ2v) is 5.09. The number of nitrogens with zero attached hydrogens (tertiary/aromatic N) is 1. The molecule has 1 amide bonds. The van der Waals surface area contributed by atoms with E-state index >= 15 is 0 Å². The van der Waals surface area contributed by atoms with Gasteiger partial charge in [0.2, 0.25) is 5.91 Å². The second kappa shape index (κ2) is 7.66. The maximum Gasteiger partial charge on any atom is 0.293 e. The molecular weight excluding hydrogens is 304 g/mol. The molecule has 0 aliphatic rings.